The Morgan fingerprint density at radius 2 is 2.06 bits per heavy atom. The van der Waals surface area contributed by atoms with E-state index in [0.717, 1.165) is 0 Å². The van der Waals surface area contributed by atoms with Crippen LogP contribution in [-0.2, 0) is 4.79 Å². The molecule has 1 amide bonds. The van der Waals surface area contributed by atoms with Crippen molar-refractivity contribution < 1.29 is 24.2 Å². The number of carboxylic acid groups (broad SMARTS) is 1. The first-order valence-electron chi connectivity index (χ1n) is 5.36. The lowest BCUT2D eigenvalue weighted by Crippen LogP contribution is -2.33. The van der Waals surface area contributed by atoms with Gasteiger partial charge in [-0.1, -0.05) is 6.92 Å². The molecule has 98 valence electrons. The molecule has 0 saturated carbocycles. The predicted molar refractivity (Wildman–Crippen MR) is 63.9 cm³/mol. The average molecular weight is 253 g/mol. The number of carbonyl (C=O) groups is 2. The van der Waals surface area contributed by atoms with E-state index >= 15 is 0 Å². The smallest absolute Gasteiger partial charge is 0.335 e. The Hall–Kier alpha value is -2.24. The fraction of sp³-hybridized carbons (Fsp3) is 0.333. The minimum absolute atomic E-state index is 0.0753. The summed E-state index contributed by atoms with van der Waals surface area (Å²) in [6, 6.07) is 4.13. The monoisotopic (exact) mass is 253 g/mol. The topological polar surface area (TPSA) is 98.8 Å². The number of carbonyl (C=O) groups excluding carboxylic acids is 1. The summed E-state index contributed by atoms with van der Waals surface area (Å²) >= 11 is 0. The number of amides is 1. The van der Waals surface area contributed by atoms with Crippen LogP contribution in [0.3, 0.4) is 0 Å². The molecule has 0 saturated heterocycles. The lowest BCUT2D eigenvalue weighted by atomic mass is 10.2. The summed E-state index contributed by atoms with van der Waals surface area (Å²) in [7, 11) is 1.39. The Labute approximate surface area is 104 Å². The van der Waals surface area contributed by atoms with Crippen LogP contribution < -0.4 is 15.2 Å². The van der Waals surface area contributed by atoms with Gasteiger partial charge in [0.25, 0.3) is 5.91 Å². The third-order valence-corrected chi connectivity index (χ3v) is 2.37. The van der Waals surface area contributed by atoms with Gasteiger partial charge in [-0.2, -0.15) is 0 Å². The van der Waals surface area contributed by atoms with E-state index in [0.29, 0.717) is 6.42 Å². The molecule has 18 heavy (non-hydrogen) atoms. The van der Waals surface area contributed by atoms with Crippen molar-refractivity contribution in [3.05, 3.63) is 23.8 Å². The highest BCUT2D eigenvalue weighted by atomic mass is 16.5. The number of aromatic carboxylic acids is 1. The zero-order valence-corrected chi connectivity index (χ0v) is 10.2. The van der Waals surface area contributed by atoms with E-state index in [2.05, 4.69) is 0 Å². The van der Waals surface area contributed by atoms with E-state index in [1.165, 1.54) is 25.3 Å². The maximum Gasteiger partial charge on any atom is 0.335 e. The van der Waals surface area contributed by atoms with Crippen LogP contribution in [0, 0.1) is 0 Å². The Bertz CT molecular complexity index is 458. The molecule has 0 aliphatic rings. The molecular formula is C12H15NO5. The first-order valence-corrected chi connectivity index (χ1v) is 5.36. The summed E-state index contributed by atoms with van der Waals surface area (Å²) in [5.41, 5.74) is 5.24. The molecule has 1 aromatic carbocycles. The summed E-state index contributed by atoms with van der Waals surface area (Å²) in [4.78, 5) is 21.9. The number of carboxylic acids is 1. The number of nitrogens with two attached hydrogens (primary N) is 1. The second-order valence-corrected chi connectivity index (χ2v) is 3.59. The van der Waals surface area contributed by atoms with Crippen LogP contribution in [0.4, 0.5) is 0 Å². The van der Waals surface area contributed by atoms with E-state index in [1.54, 1.807) is 6.92 Å². The second-order valence-electron chi connectivity index (χ2n) is 3.59. The average Bonchev–Trinajstić information content (AvgIpc) is 2.35. The maximum atomic E-state index is 11.1. The Morgan fingerprint density at radius 3 is 2.50 bits per heavy atom. The SMILES string of the molecule is CCC(Oc1ccc(C(=O)O)cc1OC)C(N)=O. The summed E-state index contributed by atoms with van der Waals surface area (Å²) in [6.07, 6.45) is -0.353. The van der Waals surface area contributed by atoms with Gasteiger partial charge in [-0.25, -0.2) is 4.79 Å². The van der Waals surface area contributed by atoms with E-state index in [1.807, 2.05) is 0 Å². The number of primary amides is 1. The van der Waals surface area contributed by atoms with Crippen molar-refractivity contribution in [3.8, 4) is 11.5 Å². The first-order chi connectivity index (χ1) is 8.49. The molecule has 1 aromatic rings. The Balaban J connectivity index is 3.02. The third kappa shape index (κ3) is 3.13. The zero-order chi connectivity index (χ0) is 13.7. The van der Waals surface area contributed by atoms with Crippen molar-refractivity contribution in [2.75, 3.05) is 7.11 Å². The van der Waals surface area contributed by atoms with Gasteiger partial charge >= 0.3 is 5.97 Å². The summed E-state index contributed by atoms with van der Waals surface area (Å²) in [5.74, 6) is -1.12. The maximum absolute atomic E-state index is 11.1. The molecular weight excluding hydrogens is 238 g/mol. The van der Waals surface area contributed by atoms with Gasteiger partial charge in [0.1, 0.15) is 0 Å². The van der Waals surface area contributed by atoms with Gasteiger partial charge in [-0.15, -0.1) is 0 Å². The molecule has 1 unspecified atom stereocenters. The van der Waals surface area contributed by atoms with Crippen molar-refractivity contribution >= 4 is 11.9 Å². The van der Waals surface area contributed by atoms with Crippen LogP contribution >= 0.6 is 0 Å². The molecule has 0 fully saturated rings. The van der Waals surface area contributed by atoms with Crippen LogP contribution in [0.15, 0.2) is 18.2 Å². The van der Waals surface area contributed by atoms with Gasteiger partial charge in [0.15, 0.2) is 17.6 Å². The van der Waals surface area contributed by atoms with Gasteiger partial charge in [0.2, 0.25) is 0 Å². The number of hydrogen-bond donors (Lipinski definition) is 2. The van der Waals surface area contributed by atoms with Crippen LogP contribution in [0.5, 0.6) is 11.5 Å². The van der Waals surface area contributed by atoms with Crippen LogP contribution in [0.2, 0.25) is 0 Å². The molecule has 0 aromatic heterocycles. The highest BCUT2D eigenvalue weighted by molar-refractivity contribution is 5.88. The molecule has 0 radical (unpaired) electrons. The number of benzene rings is 1. The molecule has 3 N–H and O–H groups in total. The normalized spacial score (nSPS) is 11.7. The molecule has 6 nitrogen and oxygen atoms in total. The number of rotatable bonds is 6. The molecule has 1 atom stereocenters. The lowest BCUT2D eigenvalue weighted by Gasteiger charge is -2.16. The van der Waals surface area contributed by atoms with E-state index in [-0.39, 0.29) is 17.1 Å². The van der Waals surface area contributed by atoms with Gasteiger partial charge < -0.3 is 20.3 Å². The highest BCUT2D eigenvalue weighted by Gasteiger charge is 2.18. The van der Waals surface area contributed by atoms with Gasteiger partial charge in [-0.05, 0) is 24.6 Å². The number of hydrogen-bond acceptors (Lipinski definition) is 4. The van der Waals surface area contributed by atoms with Gasteiger partial charge in [-0.3, -0.25) is 4.79 Å². The molecule has 0 aliphatic carbocycles. The minimum Gasteiger partial charge on any atom is -0.493 e. The van der Waals surface area contributed by atoms with E-state index < -0.39 is 18.0 Å². The molecule has 0 bridgehead atoms. The first kappa shape index (κ1) is 13.8. The largest absolute Gasteiger partial charge is 0.493 e. The van der Waals surface area contributed by atoms with E-state index in [9.17, 15) is 9.59 Å². The summed E-state index contributed by atoms with van der Waals surface area (Å²) in [5, 5.41) is 8.84. The van der Waals surface area contributed by atoms with Crippen molar-refractivity contribution in [2.24, 2.45) is 5.73 Å². The molecule has 0 spiro atoms. The number of ether oxygens (including phenoxy) is 2. The van der Waals surface area contributed by atoms with Crippen LogP contribution in [0.25, 0.3) is 0 Å². The van der Waals surface area contributed by atoms with Crippen molar-refractivity contribution in [3.63, 3.8) is 0 Å². The van der Waals surface area contributed by atoms with Crippen molar-refractivity contribution in [1.82, 2.24) is 0 Å². The van der Waals surface area contributed by atoms with Gasteiger partial charge in [0.05, 0.1) is 12.7 Å². The fourth-order valence-electron chi connectivity index (χ4n) is 1.39. The van der Waals surface area contributed by atoms with Crippen LogP contribution in [-0.4, -0.2) is 30.2 Å². The Kier molecular flexibility index (Phi) is 4.53. The standard InChI is InChI=1S/C12H15NO5/c1-3-8(11(13)14)18-9-5-4-7(12(15)16)6-10(9)17-2/h4-6,8H,3H2,1-2H3,(H2,13,14)(H,15,16). The quantitative estimate of drug-likeness (QED) is 0.789. The predicted octanol–water partition coefficient (Wildman–Crippen LogP) is 1.04. The minimum atomic E-state index is -1.07. The molecule has 1 rings (SSSR count). The summed E-state index contributed by atoms with van der Waals surface area (Å²) in [6.45, 7) is 1.76. The third-order valence-electron chi connectivity index (χ3n) is 2.37. The Morgan fingerprint density at radius 1 is 1.39 bits per heavy atom. The van der Waals surface area contributed by atoms with Crippen molar-refractivity contribution in [1.29, 1.82) is 0 Å². The zero-order valence-electron chi connectivity index (χ0n) is 10.2. The number of methoxy groups -OCH3 is 1. The van der Waals surface area contributed by atoms with Gasteiger partial charge in [0, 0.05) is 0 Å². The highest BCUT2D eigenvalue weighted by Crippen LogP contribution is 2.29. The van der Waals surface area contributed by atoms with Crippen molar-refractivity contribution in [2.45, 2.75) is 19.4 Å². The second kappa shape index (κ2) is 5.90. The molecule has 0 heterocycles. The molecule has 0 aliphatic heterocycles. The van der Waals surface area contributed by atoms with Crippen LogP contribution in [0.1, 0.15) is 23.7 Å². The lowest BCUT2D eigenvalue weighted by molar-refractivity contribution is -0.124. The van der Waals surface area contributed by atoms with E-state index in [4.69, 9.17) is 20.3 Å². The fourth-order valence-corrected chi connectivity index (χ4v) is 1.39. The summed E-state index contributed by atoms with van der Waals surface area (Å²) < 4.78 is 10.4. The molecule has 6 heteroatoms.